The first kappa shape index (κ1) is 14.6. The van der Waals surface area contributed by atoms with Crippen molar-refractivity contribution in [3.63, 3.8) is 0 Å². The molecule has 1 heterocycles. The van der Waals surface area contributed by atoms with Crippen molar-refractivity contribution in [3.05, 3.63) is 29.6 Å². The normalized spacial score (nSPS) is 12.0. The van der Waals surface area contributed by atoms with Gasteiger partial charge in [0, 0.05) is 12.0 Å². The molecule has 0 radical (unpaired) electrons. The van der Waals surface area contributed by atoms with Gasteiger partial charge in [-0.15, -0.1) is 0 Å². The summed E-state index contributed by atoms with van der Waals surface area (Å²) in [5.41, 5.74) is 10.2. The second kappa shape index (κ2) is 5.27. The van der Waals surface area contributed by atoms with Crippen LogP contribution in [0.1, 0.15) is 37.8 Å². The average molecular weight is 272 g/mol. The molecule has 108 valence electrons. The third kappa shape index (κ3) is 2.84. The number of nitrogens with two attached hydrogens (primary N) is 1. The Balaban J connectivity index is 2.11. The van der Waals surface area contributed by atoms with Gasteiger partial charge in [0.1, 0.15) is 0 Å². The second-order valence-electron chi connectivity index (χ2n) is 6.26. The van der Waals surface area contributed by atoms with E-state index in [1.54, 1.807) is 0 Å². The molecule has 0 fully saturated rings. The predicted molar refractivity (Wildman–Crippen MR) is 84.1 cm³/mol. The van der Waals surface area contributed by atoms with Gasteiger partial charge >= 0.3 is 0 Å². The topological polar surface area (TPSA) is 67.7 Å². The number of nitrogens with one attached hydrogen (secondary N) is 1. The number of imidazole rings is 1. The van der Waals surface area contributed by atoms with Crippen molar-refractivity contribution < 1.29 is 0 Å². The summed E-state index contributed by atoms with van der Waals surface area (Å²) < 4.78 is 2.19. The number of rotatable bonds is 5. The number of benzene rings is 1. The molecule has 0 saturated heterocycles. The smallest absolute Gasteiger partial charge is 0.0963 e. The van der Waals surface area contributed by atoms with Gasteiger partial charge in [0.2, 0.25) is 0 Å². The lowest BCUT2D eigenvalue weighted by Gasteiger charge is -2.22. The van der Waals surface area contributed by atoms with E-state index in [4.69, 9.17) is 11.1 Å². The predicted octanol–water partition coefficient (Wildman–Crippen LogP) is 3.40. The lowest BCUT2D eigenvalue weighted by atomic mass is 9.86. The molecular weight excluding hydrogens is 248 g/mol. The third-order valence-electron chi connectivity index (χ3n) is 4.17. The van der Waals surface area contributed by atoms with E-state index >= 15 is 0 Å². The minimum Gasteiger partial charge on any atom is -0.387 e. The Morgan fingerprint density at radius 2 is 1.95 bits per heavy atom. The highest BCUT2D eigenvalue weighted by molar-refractivity contribution is 5.82. The molecule has 2 aromatic rings. The van der Waals surface area contributed by atoms with Gasteiger partial charge in [-0.3, -0.25) is 5.41 Å². The summed E-state index contributed by atoms with van der Waals surface area (Å²) in [6.45, 7) is 9.20. The van der Waals surface area contributed by atoms with Crippen LogP contribution in [0.5, 0.6) is 0 Å². The molecule has 4 nitrogen and oxygen atoms in total. The van der Waals surface area contributed by atoms with Gasteiger partial charge in [0.15, 0.2) is 0 Å². The number of nitrogens with zero attached hydrogens (tertiary/aromatic N) is 2. The number of aromatic nitrogens is 2. The number of amidine groups is 1. The number of hydrogen-bond acceptors (Lipinski definition) is 2. The first-order valence-electron chi connectivity index (χ1n) is 7.08. The van der Waals surface area contributed by atoms with Crippen LogP contribution >= 0.6 is 0 Å². The summed E-state index contributed by atoms with van der Waals surface area (Å²) in [4.78, 5) is 4.47. The Labute approximate surface area is 120 Å². The molecule has 2 rings (SSSR count). The van der Waals surface area contributed by atoms with Crippen molar-refractivity contribution in [3.8, 4) is 0 Å². The summed E-state index contributed by atoms with van der Waals surface area (Å²) in [5.74, 6) is 0.263. The van der Waals surface area contributed by atoms with E-state index in [9.17, 15) is 0 Å². The van der Waals surface area contributed by atoms with E-state index in [2.05, 4.69) is 35.5 Å². The summed E-state index contributed by atoms with van der Waals surface area (Å²) in [5, 5.41) is 7.59. The molecule has 4 heteroatoms. The Hall–Kier alpha value is -1.84. The Kier molecular flexibility index (Phi) is 3.84. The zero-order valence-corrected chi connectivity index (χ0v) is 12.8. The van der Waals surface area contributed by atoms with E-state index in [0.717, 1.165) is 24.9 Å². The maximum Gasteiger partial charge on any atom is 0.0963 e. The van der Waals surface area contributed by atoms with E-state index in [1.165, 1.54) is 16.6 Å². The summed E-state index contributed by atoms with van der Waals surface area (Å²) in [6, 6.07) is 4.34. The maximum absolute atomic E-state index is 7.59. The number of fused-ring (bicyclic) bond motifs is 1. The fraction of sp³-hybridized carbons (Fsp3) is 0.500. The van der Waals surface area contributed by atoms with Gasteiger partial charge in [-0.05, 0) is 49.9 Å². The number of aryl methyl sites for hydroxylation is 3. The Morgan fingerprint density at radius 3 is 2.60 bits per heavy atom. The van der Waals surface area contributed by atoms with Crippen molar-refractivity contribution >= 4 is 16.9 Å². The molecular formula is C16H24N4. The molecule has 0 unspecified atom stereocenters. The highest BCUT2D eigenvalue weighted by Crippen LogP contribution is 2.23. The summed E-state index contributed by atoms with van der Waals surface area (Å²) in [6.07, 6.45) is 3.81. The van der Waals surface area contributed by atoms with Crippen LogP contribution in [0.15, 0.2) is 18.5 Å². The van der Waals surface area contributed by atoms with Gasteiger partial charge in [-0.1, -0.05) is 13.8 Å². The fourth-order valence-corrected chi connectivity index (χ4v) is 2.32. The monoisotopic (exact) mass is 272 g/mol. The van der Waals surface area contributed by atoms with Crippen LogP contribution in [0.4, 0.5) is 0 Å². The lowest BCUT2D eigenvalue weighted by molar-refractivity contribution is 0.431. The highest BCUT2D eigenvalue weighted by atomic mass is 15.0. The van der Waals surface area contributed by atoms with E-state index < -0.39 is 0 Å². The van der Waals surface area contributed by atoms with Gasteiger partial charge in [0.25, 0.3) is 0 Å². The van der Waals surface area contributed by atoms with Crippen molar-refractivity contribution in [2.24, 2.45) is 11.1 Å². The van der Waals surface area contributed by atoms with Crippen molar-refractivity contribution in [1.29, 1.82) is 5.41 Å². The molecule has 0 spiro atoms. The van der Waals surface area contributed by atoms with E-state index in [0.29, 0.717) is 0 Å². The van der Waals surface area contributed by atoms with Gasteiger partial charge in [-0.25, -0.2) is 4.98 Å². The van der Waals surface area contributed by atoms with Crippen LogP contribution in [0, 0.1) is 24.7 Å². The maximum atomic E-state index is 7.59. The van der Waals surface area contributed by atoms with Crippen LogP contribution in [-0.4, -0.2) is 15.4 Å². The molecule has 3 N–H and O–H groups in total. The first-order valence-corrected chi connectivity index (χ1v) is 7.08. The molecule has 0 amide bonds. The Bertz CT molecular complexity index is 637. The van der Waals surface area contributed by atoms with E-state index in [-0.39, 0.29) is 11.3 Å². The van der Waals surface area contributed by atoms with Gasteiger partial charge in [-0.2, -0.15) is 0 Å². The quantitative estimate of drug-likeness (QED) is 0.647. The molecule has 0 atom stereocenters. The zero-order chi connectivity index (χ0) is 14.9. The SMILES string of the molecule is Cc1cc2ncn(CCCC(C)(C)C(=N)N)c2cc1C. The minimum absolute atomic E-state index is 0.219. The van der Waals surface area contributed by atoms with E-state index in [1.807, 2.05) is 20.2 Å². The molecule has 0 aliphatic carbocycles. The van der Waals surface area contributed by atoms with Crippen LogP contribution in [-0.2, 0) is 6.54 Å². The van der Waals surface area contributed by atoms with Crippen molar-refractivity contribution in [2.75, 3.05) is 0 Å². The molecule has 0 bridgehead atoms. The zero-order valence-electron chi connectivity index (χ0n) is 12.8. The molecule has 0 aliphatic heterocycles. The van der Waals surface area contributed by atoms with Crippen LogP contribution in [0.3, 0.4) is 0 Å². The van der Waals surface area contributed by atoms with Crippen LogP contribution in [0.2, 0.25) is 0 Å². The molecule has 1 aromatic carbocycles. The third-order valence-corrected chi connectivity index (χ3v) is 4.17. The fourth-order valence-electron chi connectivity index (χ4n) is 2.32. The second-order valence-corrected chi connectivity index (χ2v) is 6.26. The molecule has 20 heavy (non-hydrogen) atoms. The standard InChI is InChI=1S/C16H24N4/c1-11-8-13-14(9-12(11)2)20(10-19-13)7-5-6-16(3,4)15(17)18/h8-10H,5-7H2,1-4H3,(H3,17,18). The number of hydrogen-bond donors (Lipinski definition) is 2. The van der Waals surface area contributed by atoms with Crippen molar-refractivity contribution in [1.82, 2.24) is 9.55 Å². The van der Waals surface area contributed by atoms with Crippen LogP contribution in [0.25, 0.3) is 11.0 Å². The molecule has 0 aliphatic rings. The molecule has 1 aromatic heterocycles. The highest BCUT2D eigenvalue weighted by Gasteiger charge is 2.20. The van der Waals surface area contributed by atoms with Crippen molar-refractivity contribution in [2.45, 2.75) is 47.1 Å². The van der Waals surface area contributed by atoms with Gasteiger partial charge < -0.3 is 10.3 Å². The lowest BCUT2D eigenvalue weighted by Crippen LogP contribution is -2.30. The minimum atomic E-state index is -0.219. The van der Waals surface area contributed by atoms with Gasteiger partial charge in [0.05, 0.1) is 23.2 Å². The van der Waals surface area contributed by atoms with Crippen LogP contribution < -0.4 is 5.73 Å². The first-order chi connectivity index (χ1) is 9.31. The summed E-state index contributed by atoms with van der Waals surface area (Å²) in [7, 11) is 0. The average Bonchev–Trinajstić information content (AvgIpc) is 2.72. The Morgan fingerprint density at radius 1 is 1.30 bits per heavy atom. The largest absolute Gasteiger partial charge is 0.387 e. The molecule has 0 saturated carbocycles. The summed E-state index contributed by atoms with van der Waals surface area (Å²) >= 11 is 0.